The first kappa shape index (κ1) is 28.1. The van der Waals surface area contributed by atoms with Crippen LogP contribution >= 0.6 is 23.2 Å². The van der Waals surface area contributed by atoms with Crippen molar-refractivity contribution in [1.82, 2.24) is 4.98 Å². The first-order valence-electron chi connectivity index (χ1n) is 13.5. The van der Waals surface area contributed by atoms with Gasteiger partial charge in [0.25, 0.3) is 0 Å². The van der Waals surface area contributed by atoms with Crippen LogP contribution < -0.4 is 0 Å². The smallest absolute Gasteiger partial charge is 0.0479 e. The molecule has 1 N–H and O–H groups in total. The lowest BCUT2D eigenvalue weighted by Crippen LogP contribution is -1.83. The number of aromatic nitrogens is 1. The number of hydrogen-bond donors (Lipinski definition) is 1. The maximum absolute atomic E-state index is 5.93. The zero-order valence-electron chi connectivity index (χ0n) is 21.0. The second kappa shape index (κ2) is 17.3. The zero-order chi connectivity index (χ0) is 23.7. The van der Waals surface area contributed by atoms with Crippen molar-refractivity contribution >= 4 is 45.0 Å². The molecule has 3 rings (SSSR count). The summed E-state index contributed by atoms with van der Waals surface area (Å²) in [4.78, 5) is 3.29. The molecule has 0 fully saturated rings. The van der Waals surface area contributed by atoms with E-state index >= 15 is 0 Å². The van der Waals surface area contributed by atoms with Gasteiger partial charge in [0, 0.05) is 31.9 Å². The Morgan fingerprint density at radius 3 is 1.09 bits per heavy atom. The number of halogens is 2. The zero-order valence-corrected chi connectivity index (χ0v) is 22.5. The molecule has 0 aliphatic rings. The van der Waals surface area contributed by atoms with Crippen molar-refractivity contribution in [2.45, 2.75) is 117 Å². The number of aromatic amines is 1. The minimum Gasteiger partial charge on any atom is -0.354 e. The molecule has 0 bridgehead atoms. The molecule has 0 spiro atoms. The standard InChI is InChI=1S/C18H38.C12H7Cl2N/c1-3-5-7-9-11-13-15-17-18-16-14-12-10-8-6-4-2;13-7-1-3-9-10-4-2-8(14)6-12(10)15-11(9)5-7/h3-18H2,1-2H3;1-6,15H. The molecule has 0 saturated carbocycles. The Bertz CT molecular complexity index is 827. The number of hydrogen-bond acceptors (Lipinski definition) is 0. The van der Waals surface area contributed by atoms with E-state index in [-0.39, 0.29) is 0 Å². The number of fused-ring (bicyclic) bond motifs is 3. The Morgan fingerprint density at radius 2 is 0.788 bits per heavy atom. The van der Waals surface area contributed by atoms with Crippen LogP contribution in [-0.2, 0) is 0 Å². The third-order valence-electron chi connectivity index (χ3n) is 6.48. The van der Waals surface area contributed by atoms with Gasteiger partial charge in [-0.3, -0.25) is 0 Å². The summed E-state index contributed by atoms with van der Waals surface area (Å²) in [6.07, 6.45) is 23.4. The molecule has 0 saturated heterocycles. The van der Waals surface area contributed by atoms with Crippen LogP contribution in [-0.4, -0.2) is 4.98 Å². The van der Waals surface area contributed by atoms with E-state index in [0.29, 0.717) is 0 Å². The van der Waals surface area contributed by atoms with Gasteiger partial charge < -0.3 is 4.98 Å². The summed E-state index contributed by atoms with van der Waals surface area (Å²) >= 11 is 11.9. The molecular formula is C30H45Cl2N. The van der Waals surface area contributed by atoms with Crippen LogP contribution in [0.2, 0.25) is 10.0 Å². The molecule has 2 aromatic carbocycles. The minimum absolute atomic E-state index is 0.736. The molecule has 0 aliphatic carbocycles. The fraction of sp³-hybridized carbons (Fsp3) is 0.600. The number of nitrogens with one attached hydrogen (secondary N) is 1. The molecule has 0 radical (unpaired) electrons. The number of rotatable bonds is 15. The molecule has 184 valence electrons. The quantitative estimate of drug-likeness (QED) is 0.204. The van der Waals surface area contributed by atoms with Gasteiger partial charge in [0.15, 0.2) is 0 Å². The monoisotopic (exact) mass is 489 g/mol. The Morgan fingerprint density at radius 1 is 0.485 bits per heavy atom. The summed E-state index contributed by atoms with van der Waals surface area (Å²) < 4.78 is 0. The van der Waals surface area contributed by atoms with E-state index in [1.807, 2.05) is 36.4 Å². The van der Waals surface area contributed by atoms with Crippen LogP contribution in [0, 0.1) is 0 Å². The summed E-state index contributed by atoms with van der Waals surface area (Å²) in [7, 11) is 0. The van der Waals surface area contributed by atoms with Crippen molar-refractivity contribution in [3.63, 3.8) is 0 Å². The van der Waals surface area contributed by atoms with Gasteiger partial charge in [0.2, 0.25) is 0 Å². The Hall–Kier alpha value is -1.18. The van der Waals surface area contributed by atoms with Crippen molar-refractivity contribution in [3.05, 3.63) is 46.4 Å². The first-order chi connectivity index (χ1) is 16.2. The average molecular weight is 491 g/mol. The molecule has 3 aromatic rings. The summed E-state index contributed by atoms with van der Waals surface area (Å²) in [6, 6.07) is 11.7. The number of H-pyrrole nitrogens is 1. The van der Waals surface area contributed by atoms with Crippen LogP contribution in [0.15, 0.2) is 36.4 Å². The van der Waals surface area contributed by atoms with Crippen molar-refractivity contribution in [2.24, 2.45) is 0 Å². The van der Waals surface area contributed by atoms with Crippen molar-refractivity contribution in [2.75, 3.05) is 0 Å². The van der Waals surface area contributed by atoms with E-state index in [0.717, 1.165) is 21.1 Å². The lowest BCUT2D eigenvalue weighted by molar-refractivity contribution is 0.531. The molecule has 33 heavy (non-hydrogen) atoms. The fourth-order valence-corrected chi connectivity index (χ4v) is 4.82. The third kappa shape index (κ3) is 11.2. The Kier molecular flexibility index (Phi) is 14.7. The van der Waals surface area contributed by atoms with Gasteiger partial charge in [-0.05, 0) is 24.3 Å². The summed E-state index contributed by atoms with van der Waals surface area (Å²) in [6.45, 7) is 4.59. The lowest BCUT2D eigenvalue weighted by atomic mass is 10.0. The largest absolute Gasteiger partial charge is 0.354 e. The van der Waals surface area contributed by atoms with E-state index < -0.39 is 0 Å². The van der Waals surface area contributed by atoms with E-state index in [4.69, 9.17) is 23.2 Å². The van der Waals surface area contributed by atoms with Crippen LogP contribution in [0.1, 0.15) is 117 Å². The van der Waals surface area contributed by atoms with Gasteiger partial charge in [-0.2, -0.15) is 0 Å². The Labute approximate surface area is 212 Å². The summed E-state index contributed by atoms with van der Waals surface area (Å²) in [5, 5.41) is 3.82. The predicted molar refractivity (Wildman–Crippen MR) is 151 cm³/mol. The van der Waals surface area contributed by atoms with Gasteiger partial charge >= 0.3 is 0 Å². The third-order valence-corrected chi connectivity index (χ3v) is 6.95. The number of benzene rings is 2. The van der Waals surface area contributed by atoms with Gasteiger partial charge in [0.05, 0.1) is 0 Å². The second-order valence-electron chi connectivity index (χ2n) is 9.45. The maximum Gasteiger partial charge on any atom is 0.0479 e. The molecule has 1 nitrogen and oxygen atoms in total. The van der Waals surface area contributed by atoms with Crippen LogP contribution in [0.25, 0.3) is 21.8 Å². The topological polar surface area (TPSA) is 15.8 Å². The molecule has 3 heteroatoms. The van der Waals surface area contributed by atoms with Crippen molar-refractivity contribution < 1.29 is 0 Å². The van der Waals surface area contributed by atoms with Gasteiger partial charge in [-0.15, -0.1) is 0 Å². The number of unbranched alkanes of at least 4 members (excludes halogenated alkanes) is 15. The molecular weight excluding hydrogens is 445 g/mol. The molecule has 1 aromatic heterocycles. The molecule has 1 heterocycles. The predicted octanol–water partition coefficient (Wildman–Crippen LogP) is 11.9. The highest BCUT2D eigenvalue weighted by Crippen LogP contribution is 2.29. The van der Waals surface area contributed by atoms with E-state index in [1.165, 1.54) is 114 Å². The van der Waals surface area contributed by atoms with Crippen LogP contribution in [0.4, 0.5) is 0 Å². The molecule has 0 atom stereocenters. The lowest BCUT2D eigenvalue weighted by Gasteiger charge is -2.03. The fourth-order valence-electron chi connectivity index (χ4n) is 4.48. The van der Waals surface area contributed by atoms with Crippen molar-refractivity contribution in [1.29, 1.82) is 0 Å². The van der Waals surface area contributed by atoms with E-state index in [2.05, 4.69) is 18.8 Å². The van der Waals surface area contributed by atoms with Crippen LogP contribution in [0.5, 0.6) is 0 Å². The van der Waals surface area contributed by atoms with Gasteiger partial charge in [-0.25, -0.2) is 0 Å². The average Bonchev–Trinajstić information content (AvgIpc) is 3.16. The van der Waals surface area contributed by atoms with Crippen LogP contribution in [0.3, 0.4) is 0 Å². The van der Waals surface area contributed by atoms with Crippen molar-refractivity contribution in [3.8, 4) is 0 Å². The maximum atomic E-state index is 5.93. The molecule has 0 amide bonds. The molecule has 0 aliphatic heterocycles. The summed E-state index contributed by atoms with van der Waals surface area (Å²) in [5.74, 6) is 0. The van der Waals surface area contributed by atoms with E-state index in [1.54, 1.807) is 0 Å². The Balaban J connectivity index is 0.000000235. The normalized spacial score (nSPS) is 11.2. The SMILES string of the molecule is CCCCCCCCCCCCCCCCCC.Clc1ccc2c(c1)[nH]c1cc(Cl)ccc12. The summed E-state index contributed by atoms with van der Waals surface area (Å²) in [5.41, 5.74) is 2.08. The second-order valence-corrected chi connectivity index (χ2v) is 10.3. The highest BCUT2D eigenvalue weighted by molar-refractivity contribution is 6.32. The highest BCUT2D eigenvalue weighted by atomic mass is 35.5. The first-order valence-corrected chi connectivity index (χ1v) is 14.3. The molecule has 0 unspecified atom stereocenters. The van der Waals surface area contributed by atoms with E-state index in [9.17, 15) is 0 Å². The highest BCUT2D eigenvalue weighted by Gasteiger charge is 2.04. The minimum atomic E-state index is 0.736. The van der Waals surface area contributed by atoms with Gasteiger partial charge in [-0.1, -0.05) is 152 Å². The van der Waals surface area contributed by atoms with Gasteiger partial charge in [0.1, 0.15) is 0 Å².